The summed E-state index contributed by atoms with van der Waals surface area (Å²) in [6.45, 7) is 15.3. The lowest BCUT2D eigenvalue weighted by Crippen LogP contribution is -2.39. The summed E-state index contributed by atoms with van der Waals surface area (Å²) in [7, 11) is 2.20. The van der Waals surface area contributed by atoms with E-state index in [-0.39, 0.29) is 0 Å². The van der Waals surface area contributed by atoms with E-state index in [2.05, 4.69) is 55.2 Å². The Balaban J connectivity index is 2.27. The Bertz CT molecular complexity index is 329. The van der Waals surface area contributed by atoms with Gasteiger partial charge in [-0.15, -0.1) is 0 Å². The van der Waals surface area contributed by atoms with Crippen molar-refractivity contribution in [1.82, 2.24) is 20.4 Å². The van der Waals surface area contributed by atoms with Gasteiger partial charge in [-0.25, -0.2) is 0 Å². The molecule has 1 unspecified atom stereocenters. The summed E-state index contributed by atoms with van der Waals surface area (Å²) in [5, 5.41) is 6.85. The van der Waals surface area contributed by atoms with Crippen LogP contribution in [0, 0.1) is 0 Å². The molecule has 0 saturated carbocycles. The Morgan fingerprint density at radius 1 is 1.26 bits per heavy atom. The molecule has 0 aliphatic carbocycles. The first kappa shape index (κ1) is 20.2. The van der Waals surface area contributed by atoms with Crippen molar-refractivity contribution in [2.75, 3.05) is 46.3 Å². The molecular weight excluding hydrogens is 286 g/mol. The maximum atomic E-state index is 4.80. The third-order valence-electron chi connectivity index (χ3n) is 4.82. The minimum absolute atomic E-state index is 0.634. The molecule has 136 valence electrons. The Morgan fingerprint density at radius 2 is 2.04 bits per heavy atom. The molecule has 0 aromatic rings. The van der Waals surface area contributed by atoms with Gasteiger partial charge in [0.15, 0.2) is 5.96 Å². The number of hydrogen-bond acceptors (Lipinski definition) is 3. The van der Waals surface area contributed by atoms with E-state index in [1.54, 1.807) is 0 Å². The summed E-state index contributed by atoms with van der Waals surface area (Å²) in [6.07, 6.45) is 5.03. The highest BCUT2D eigenvalue weighted by atomic mass is 15.2. The van der Waals surface area contributed by atoms with E-state index in [1.165, 1.54) is 38.8 Å². The Hall–Kier alpha value is -0.810. The average Bonchev–Trinajstić information content (AvgIpc) is 2.99. The maximum Gasteiger partial charge on any atom is 0.191 e. The zero-order valence-electron chi connectivity index (χ0n) is 16.1. The van der Waals surface area contributed by atoms with Crippen LogP contribution in [0.3, 0.4) is 0 Å². The second kappa shape index (κ2) is 11.7. The summed E-state index contributed by atoms with van der Waals surface area (Å²) < 4.78 is 0. The van der Waals surface area contributed by atoms with Crippen LogP contribution in [0.4, 0.5) is 0 Å². The normalized spacial score (nSPS) is 19.8. The van der Waals surface area contributed by atoms with Crippen LogP contribution in [0.2, 0.25) is 0 Å². The molecule has 0 amide bonds. The average molecular weight is 326 g/mol. The summed E-state index contributed by atoms with van der Waals surface area (Å²) in [5.41, 5.74) is 0. The zero-order valence-corrected chi connectivity index (χ0v) is 16.1. The van der Waals surface area contributed by atoms with Gasteiger partial charge in [0.2, 0.25) is 0 Å². The molecular formula is C18H39N5. The summed E-state index contributed by atoms with van der Waals surface area (Å²) >= 11 is 0. The monoisotopic (exact) mass is 325 g/mol. The van der Waals surface area contributed by atoms with Gasteiger partial charge in [-0.05, 0) is 73.1 Å². The summed E-state index contributed by atoms with van der Waals surface area (Å²) in [5.74, 6) is 0.979. The quantitative estimate of drug-likeness (QED) is 0.367. The second-order valence-electron chi connectivity index (χ2n) is 6.85. The number of rotatable bonds is 10. The van der Waals surface area contributed by atoms with Crippen molar-refractivity contribution in [3.8, 4) is 0 Å². The van der Waals surface area contributed by atoms with Crippen LogP contribution < -0.4 is 10.6 Å². The number of guanidine groups is 1. The molecule has 1 rings (SSSR count). The van der Waals surface area contributed by atoms with E-state index in [4.69, 9.17) is 4.99 Å². The summed E-state index contributed by atoms with van der Waals surface area (Å²) in [4.78, 5) is 9.75. The van der Waals surface area contributed by atoms with Crippen molar-refractivity contribution in [2.24, 2.45) is 4.99 Å². The molecule has 1 aliphatic heterocycles. The molecule has 0 aromatic heterocycles. The van der Waals surface area contributed by atoms with E-state index >= 15 is 0 Å². The lowest BCUT2D eigenvalue weighted by Gasteiger charge is -2.22. The smallest absolute Gasteiger partial charge is 0.191 e. The van der Waals surface area contributed by atoms with Crippen LogP contribution in [0.5, 0.6) is 0 Å². The number of unbranched alkanes of at least 4 members (excludes halogenated alkanes) is 1. The van der Waals surface area contributed by atoms with Crippen LogP contribution in [-0.2, 0) is 0 Å². The molecule has 2 N–H and O–H groups in total. The fourth-order valence-electron chi connectivity index (χ4n) is 3.01. The Kier molecular flexibility index (Phi) is 10.3. The topological polar surface area (TPSA) is 42.9 Å². The van der Waals surface area contributed by atoms with Crippen LogP contribution in [-0.4, -0.2) is 74.2 Å². The van der Waals surface area contributed by atoms with E-state index in [9.17, 15) is 0 Å². The molecule has 0 aromatic carbocycles. The van der Waals surface area contributed by atoms with Crippen LogP contribution in [0.25, 0.3) is 0 Å². The molecule has 1 aliphatic rings. The number of hydrogen-bond donors (Lipinski definition) is 2. The van der Waals surface area contributed by atoms with Gasteiger partial charge in [-0.2, -0.15) is 0 Å². The molecule has 1 saturated heterocycles. The van der Waals surface area contributed by atoms with Crippen molar-refractivity contribution in [2.45, 2.75) is 65.5 Å². The van der Waals surface area contributed by atoms with Crippen molar-refractivity contribution in [3.05, 3.63) is 0 Å². The standard InChI is InChI=1S/C18H39N5/c1-6-19-18(20-12-8-9-13-22(5)16(3)4)21-15-17-11-10-14-23(17)7-2/h16-17H,6-15H2,1-5H3,(H2,19,20,21). The largest absolute Gasteiger partial charge is 0.357 e. The van der Waals surface area contributed by atoms with Gasteiger partial charge in [0.05, 0.1) is 6.54 Å². The van der Waals surface area contributed by atoms with Crippen molar-refractivity contribution < 1.29 is 0 Å². The van der Waals surface area contributed by atoms with Gasteiger partial charge in [0.25, 0.3) is 0 Å². The molecule has 23 heavy (non-hydrogen) atoms. The molecule has 1 atom stereocenters. The van der Waals surface area contributed by atoms with Crippen molar-refractivity contribution in [1.29, 1.82) is 0 Å². The van der Waals surface area contributed by atoms with Gasteiger partial charge in [0, 0.05) is 25.2 Å². The van der Waals surface area contributed by atoms with E-state index < -0.39 is 0 Å². The molecule has 0 bridgehead atoms. The number of likely N-dealkylation sites (tertiary alicyclic amines) is 1. The van der Waals surface area contributed by atoms with Crippen LogP contribution >= 0.6 is 0 Å². The van der Waals surface area contributed by atoms with Gasteiger partial charge >= 0.3 is 0 Å². The molecule has 0 spiro atoms. The Morgan fingerprint density at radius 3 is 2.70 bits per heavy atom. The number of aliphatic imine (C=N–C) groups is 1. The van der Waals surface area contributed by atoms with Crippen molar-refractivity contribution in [3.63, 3.8) is 0 Å². The number of nitrogens with zero attached hydrogens (tertiary/aromatic N) is 3. The molecule has 5 heteroatoms. The minimum Gasteiger partial charge on any atom is -0.357 e. The highest BCUT2D eigenvalue weighted by molar-refractivity contribution is 5.79. The first-order chi connectivity index (χ1) is 11.1. The fourth-order valence-corrected chi connectivity index (χ4v) is 3.01. The third kappa shape index (κ3) is 8.02. The fraction of sp³-hybridized carbons (Fsp3) is 0.944. The van der Waals surface area contributed by atoms with Gasteiger partial charge in [-0.1, -0.05) is 6.92 Å². The first-order valence-corrected chi connectivity index (χ1v) is 9.54. The lowest BCUT2D eigenvalue weighted by molar-refractivity contribution is 0.268. The molecule has 1 fully saturated rings. The maximum absolute atomic E-state index is 4.80. The van der Waals surface area contributed by atoms with Crippen LogP contribution in [0.15, 0.2) is 4.99 Å². The lowest BCUT2D eigenvalue weighted by atomic mass is 10.2. The minimum atomic E-state index is 0.634. The predicted molar refractivity (Wildman–Crippen MR) is 101 cm³/mol. The first-order valence-electron chi connectivity index (χ1n) is 9.54. The van der Waals surface area contributed by atoms with E-state index in [1.807, 2.05) is 0 Å². The SMILES string of the molecule is CCNC(=NCC1CCCN1CC)NCCCCN(C)C(C)C. The van der Waals surface area contributed by atoms with Crippen LogP contribution in [0.1, 0.15) is 53.4 Å². The molecule has 0 radical (unpaired) electrons. The Labute approximate surface area is 143 Å². The predicted octanol–water partition coefficient (Wildman–Crippen LogP) is 2.15. The summed E-state index contributed by atoms with van der Waals surface area (Å²) in [6, 6.07) is 1.27. The highest BCUT2D eigenvalue weighted by Gasteiger charge is 2.22. The van der Waals surface area contributed by atoms with E-state index in [0.29, 0.717) is 12.1 Å². The van der Waals surface area contributed by atoms with Gasteiger partial charge in [0.1, 0.15) is 0 Å². The van der Waals surface area contributed by atoms with Gasteiger partial charge < -0.3 is 15.5 Å². The van der Waals surface area contributed by atoms with Crippen molar-refractivity contribution >= 4 is 5.96 Å². The second-order valence-corrected chi connectivity index (χ2v) is 6.85. The molecule has 1 heterocycles. The van der Waals surface area contributed by atoms with Gasteiger partial charge in [-0.3, -0.25) is 9.89 Å². The third-order valence-corrected chi connectivity index (χ3v) is 4.82. The zero-order chi connectivity index (χ0) is 17.1. The highest BCUT2D eigenvalue weighted by Crippen LogP contribution is 2.16. The van der Waals surface area contributed by atoms with E-state index in [0.717, 1.165) is 32.1 Å². The number of likely N-dealkylation sites (N-methyl/N-ethyl adjacent to an activating group) is 1. The number of nitrogens with one attached hydrogen (secondary N) is 2. The molecule has 5 nitrogen and oxygen atoms in total.